The van der Waals surface area contributed by atoms with Gasteiger partial charge in [-0.05, 0) is 58.3 Å². The van der Waals surface area contributed by atoms with E-state index in [1.54, 1.807) is 0 Å². The Morgan fingerprint density at radius 1 is 1.17 bits per heavy atom. The van der Waals surface area contributed by atoms with Gasteiger partial charge in [-0.3, -0.25) is 4.79 Å². The van der Waals surface area contributed by atoms with Crippen LogP contribution in [0.1, 0.15) is 46.5 Å². The summed E-state index contributed by atoms with van der Waals surface area (Å²) in [5, 5.41) is 9.41. The third kappa shape index (κ3) is 2.62. The van der Waals surface area contributed by atoms with E-state index in [1.807, 2.05) is 20.8 Å². The van der Waals surface area contributed by atoms with Crippen LogP contribution >= 0.6 is 0 Å². The van der Waals surface area contributed by atoms with E-state index in [9.17, 15) is 14.1 Å². The molecule has 3 atom stereocenters. The Morgan fingerprint density at radius 3 is 2.11 bits per heavy atom. The number of carboxylic acid groups (broad SMARTS) is 1. The fraction of sp³-hybridized carbons (Fsp3) is 0.923. The van der Waals surface area contributed by atoms with E-state index < -0.39 is 17.0 Å². The molecule has 104 valence electrons. The molecule has 0 spiro atoms. The van der Waals surface area contributed by atoms with Crippen molar-refractivity contribution in [2.45, 2.75) is 57.2 Å². The molecule has 0 amide bonds. The van der Waals surface area contributed by atoms with E-state index in [0.717, 1.165) is 25.7 Å². The normalized spacial score (nSPS) is 37.5. The van der Waals surface area contributed by atoms with Gasteiger partial charge in [0.2, 0.25) is 0 Å². The molecule has 4 nitrogen and oxygen atoms in total. The highest BCUT2D eigenvalue weighted by Crippen LogP contribution is 2.45. The van der Waals surface area contributed by atoms with Gasteiger partial charge in [-0.25, -0.2) is 8.93 Å². The van der Waals surface area contributed by atoms with Crippen LogP contribution in [0.5, 0.6) is 0 Å². The molecule has 0 aromatic heterocycles. The maximum Gasteiger partial charge on any atom is 0.308 e. The molecular formula is C13H23NO3S. The Morgan fingerprint density at radius 2 is 1.67 bits per heavy atom. The van der Waals surface area contributed by atoms with Crippen LogP contribution < -0.4 is 4.72 Å². The summed E-state index contributed by atoms with van der Waals surface area (Å²) < 4.78 is 14.9. The molecule has 0 aromatic carbocycles. The van der Waals surface area contributed by atoms with Gasteiger partial charge in [0, 0.05) is 6.04 Å². The lowest BCUT2D eigenvalue weighted by Gasteiger charge is -2.47. The first-order valence-electron chi connectivity index (χ1n) is 6.71. The van der Waals surface area contributed by atoms with Crippen molar-refractivity contribution in [1.29, 1.82) is 0 Å². The zero-order chi connectivity index (χ0) is 13.5. The zero-order valence-corrected chi connectivity index (χ0v) is 12.1. The van der Waals surface area contributed by atoms with Gasteiger partial charge < -0.3 is 5.11 Å². The third-order valence-corrected chi connectivity index (χ3v) is 5.90. The molecule has 0 aliphatic heterocycles. The van der Waals surface area contributed by atoms with Crippen LogP contribution in [0.15, 0.2) is 0 Å². The van der Waals surface area contributed by atoms with Gasteiger partial charge in [0.15, 0.2) is 0 Å². The molecule has 3 fully saturated rings. The van der Waals surface area contributed by atoms with Gasteiger partial charge in [0.25, 0.3) is 0 Å². The lowest BCUT2D eigenvalue weighted by molar-refractivity contribution is -0.149. The number of aliphatic carboxylic acids is 1. The van der Waals surface area contributed by atoms with Crippen molar-refractivity contribution in [2.24, 2.45) is 17.8 Å². The van der Waals surface area contributed by atoms with Crippen LogP contribution in [0.2, 0.25) is 0 Å². The number of nitrogens with one attached hydrogen (secondary N) is 1. The summed E-state index contributed by atoms with van der Waals surface area (Å²) in [5.74, 6) is -0.444. The summed E-state index contributed by atoms with van der Waals surface area (Å²) in [6, 6.07) is -0.116. The number of carboxylic acids is 1. The first kappa shape index (κ1) is 14.0. The number of hydrogen-bond donors (Lipinski definition) is 2. The molecule has 0 aromatic rings. The Hall–Kier alpha value is -0.420. The molecule has 18 heavy (non-hydrogen) atoms. The summed E-state index contributed by atoms with van der Waals surface area (Å²) >= 11 is 0. The van der Waals surface area contributed by atoms with Crippen molar-refractivity contribution in [2.75, 3.05) is 0 Å². The molecule has 3 aliphatic carbocycles. The van der Waals surface area contributed by atoms with Crippen molar-refractivity contribution in [1.82, 2.24) is 4.72 Å². The van der Waals surface area contributed by atoms with Crippen molar-refractivity contribution in [3.8, 4) is 0 Å². The topological polar surface area (TPSA) is 66.4 Å². The zero-order valence-electron chi connectivity index (χ0n) is 11.3. The standard InChI is InChI=1S/C13H23NO3S/c1-13(2,3)18(17)14-11-9-6-4-8(5-7-9)10(11)12(15)16/h8-11,14H,4-7H2,1-3H3,(H,15,16)/t8?,9?,10-,11+,18+/m1/s1. The van der Waals surface area contributed by atoms with E-state index in [4.69, 9.17) is 0 Å². The highest BCUT2D eigenvalue weighted by molar-refractivity contribution is 7.84. The lowest BCUT2D eigenvalue weighted by atomic mass is 9.62. The average Bonchev–Trinajstić information content (AvgIpc) is 2.28. The minimum Gasteiger partial charge on any atom is -0.481 e. The fourth-order valence-corrected chi connectivity index (χ4v) is 4.21. The Bertz CT molecular complexity index is 356. The maximum atomic E-state index is 12.2. The second kappa shape index (κ2) is 4.93. The van der Waals surface area contributed by atoms with E-state index in [-0.39, 0.29) is 22.6 Å². The number of carbonyl (C=O) groups is 1. The molecule has 5 heteroatoms. The number of fused-ring (bicyclic) bond motifs is 3. The van der Waals surface area contributed by atoms with Crippen molar-refractivity contribution < 1.29 is 14.1 Å². The molecule has 0 saturated heterocycles. The van der Waals surface area contributed by atoms with Gasteiger partial charge in [-0.1, -0.05) is 0 Å². The Labute approximate surface area is 111 Å². The molecule has 0 unspecified atom stereocenters. The predicted octanol–water partition coefficient (Wildman–Crippen LogP) is 1.93. The van der Waals surface area contributed by atoms with Crippen LogP contribution in [-0.4, -0.2) is 26.1 Å². The fourth-order valence-electron chi connectivity index (χ4n) is 3.27. The monoisotopic (exact) mass is 273 g/mol. The van der Waals surface area contributed by atoms with Crippen LogP contribution in [-0.2, 0) is 15.8 Å². The van der Waals surface area contributed by atoms with Gasteiger partial charge in [0.05, 0.1) is 21.7 Å². The Kier molecular flexibility index (Phi) is 3.83. The highest BCUT2D eigenvalue weighted by Gasteiger charge is 2.48. The quantitative estimate of drug-likeness (QED) is 0.825. The minimum absolute atomic E-state index is 0.116. The summed E-state index contributed by atoms with van der Waals surface area (Å²) in [6.07, 6.45) is 4.19. The predicted molar refractivity (Wildman–Crippen MR) is 71.4 cm³/mol. The highest BCUT2D eigenvalue weighted by atomic mass is 32.2. The van der Waals surface area contributed by atoms with E-state index >= 15 is 0 Å². The second-order valence-electron chi connectivity index (χ2n) is 6.56. The SMILES string of the molecule is CC(C)(C)[S@](=O)N[C@H]1C2CCC(CC2)[C@H]1C(=O)O. The summed E-state index contributed by atoms with van der Waals surface area (Å²) in [5.41, 5.74) is 0. The summed E-state index contributed by atoms with van der Waals surface area (Å²) in [4.78, 5) is 11.4. The largest absolute Gasteiger partial charge is 0.481 e. The molecule has 3 aliphatic rings. The number of hydrogen-bond acceptors (Lipinski definition) is 2. The van der Waals surface area contributed by atoms with Crippen LogP contribution in [0, 0.1) is 17.8 Å². The maximum absolute atomic E-state index is 12.2. The molecule has 3 saturated carbocycles. The third-order valence-electron chi connectivity index (χ3n) is 4.30. The molecule has 3 rings (SSSR count). The average molecular weight is 273 g/mol. The Balaban J connectivity index is 2.14. The van der Waals surface area contributed by atoms with E-state index in [0.29, 0.717) is 5.92 Å². The molecular weight excluding hydrogens is 250 g/mol. The molecule has 0 radical (unpaired) electrons. The van der Waals surface area contributed by atoms with Crippen LogP contribution in [0.4, 0.5) is 0 Å². The van der Waals surface area contributed by atoms with Crippen LogP contribution in [0.3, 0.4) is 0 Å². The van der Waals surface area contributed by atoms with Crippen LogP contribution in [0.25, 0.3) is 0 Å². The number of rotatable bonds is 3. The summed E-state index contributed by atoms with van der Waals surface area (Å²) in [6.45, 7) is 5.73. The lowest BCUT2D eigenvalue weighted by Crippen LogP contribution is -2.56. The van der Waals surface area contributed by atoms with E-state index in [1.165, 1.54) is 0 Å². The minimum atomic E-state index is -1.19. The van der Waals surface area contributed by atoms with Gasteiger partial charge in [-0.15, -0.1) is 0 Å². The van der Waals surface area contributed by atoms with Gasteiger partial charge >= 0.3 is 5.97 Å². The first-order chi connectivity index (χ1) is 8.30. The van der Waals surface area contributed by atoms with Crippen molar-refractivity contribution in [3.05, 3.63) is 0 Å². The smallest absolute Gasteiger partial charge is 0.308 e. The van der Waals surface area contributed by atoms with Gasteiger partial charge in [0.1, 0.15) is 0 Å². The molecule has 0 heterocycles. The second-order valence-corrected chi connectivity index (χ2v) is 8.56. The van der Waals surface area contributed by atoms with Gasteiger partial charge in [-0.2, -0.15) is 0 Å². The van der Waals surface area contributed by atoms with Crippen molar-refractivity contribution in [3.63, 3.8) is 0 Å². The molecule has 2 bridgehead atoms. The summed E-state index contributed by atoms with van der Waals surface area (Å²) in [7, 11) is -1.19. The van der Waals surface area contributed by atoms with E-state index in [2.05, 4.69) is 4.72 Å². The molecule has 2 N–H and O–H groups in total. The van der Waals surface area contributed by atoms with Crippen molar-refractivity contribution >= 4 is 17.0 Å². The first-order valence-corrected chi connectivity index (χ1v) is 7.86.